The van der Waals surface area contributed by atoms with Crippen LogP contribution >= 0.6 is 0 Å². The van der Waals surface area contributed by atoms with Crippen LogP contribution in [-0.4, -0.2) is 17.6 Å². The van der Waals surface area contributed by atoms with Crippen LogP contribution in [0.2, 0.25) is 0 Å². The van der Waals surface area contributed by atoms with Gasteiger partial charge in [-0.2, -0.15) is 0 Å². The van der Waals surface area contributed by atoms with Gasteiger partial charge in [0, 0.05) is 29.9 Å². The lowest BCUT2D eigenvalue weighted by Crippen LogP contribution is -2.30. The van der Waals surface area contributed by atoms with E-state index in [1.807, 2.05) is 18.3 Å². The SMILES string of the molecule is CC(C)CN(c1ccc(N)c2ncccc12)C1CC1. The van der Waals surface area contributed by atoms with Crippen LogP contribution in [0.3, 0.4) is 0 Å². The molecule has 100 valence electrons. The minimum atomic E-state index is 0.657. The van der Waals surface area contributed by atoms with E-state index in [2.05, 4.69) is 35.9 Å². The van der Waals surface area contributed by atoms with Crippen LogP contribution in [0.4, 0.5) is 11.4 Å². The highest BCUT2D eigenvalue weighted by Crippen LogP contribution is 2.37. The number of fused-ring (bicyclic) bond motifs is 1. The molecule has 1 aliphatic rings. The predicted octanol–water partition coefficient (Wildman–Crippen LogP) is 3.44. The summed E-state index contributed by atoms with van der Waals surface area (Å²) in [7, 11) is 0. The van der Waals surface area contributed by atoms with Crippen LogP contribution in [0.5, 0.6) is 0 Å². The van der Waals surface area contributed by atoms with Gasteiger partial charge in [-0.25, -0.2) is 0 Å². The van der Waals surface area contributed by atoms with Crippen molar-refractivity contribution in [1.82, 2.24) is 4.98 Å². The molecule has 2 N–H and O–H groups in total. The topological polar surface area (TPSA) is 42.1 Å². The van der Waals surface area contributed by atoms with Gasteiger partial charge in [0.15, 0.2) is 0 Å². The molecule has 1 fully saturated rings. The average Bonchev–Trinajstić information content (AvgIpc) is 3.21. The third kappa shape index (κ3) is 2.37. The van der Waals surface area contributed by atoms with E-state index in [-0.39, 0.29) is 0 Å². The second-order valence-electron chi connectivity index (χ2n) is 5.85. The molecular weight excluding hydrogens is 234 g/mol. The first-order valence-electron chi connectivity index (χ1n) is 7.06. The number of rotatable bonds is 4. The van der Waals surface area contributed by atoms with Crippen molar-refractivity contribution in [1.29, 1.82) is 0 Å². The van der Waals surface area contributed by atoms with E-state index in [0.29, 0.717) is 12.0 Å². The second-order valence-corrected chi connectivity index (χ2v) is 5.85. The van der Waals surface area contributed by atoms with Crippen molar-refractivity contribution in [3.05, 3.63) is 30.5 Å². The zero-order valence-corrected chi connectivity index (χ0v) is 11.6. The number of nitrogens with zero attached hydrogens (tertiary/aromatic N) is 2. The predicted molar refractivity (Wildman–Crippen MR) is 81.4 cm³/mol. The summed E-state index contributed by atoms with van der Waals surface area (Å²) in [5.41, 5.74) is 9.01. The molecule has 0 bridgehead atoms. The quantitative estimate of drug-likeness (QED) is 0.851. The summed E-state index contributed by atoms with van der Waals surface area (Å²) in [5, 5.41) is 1.18. The van der Waals surface area contributed by atoms with Crippen molar-refractivity contribution >= 4 is 22.3 Å². The molecule has 1 heterocycles. The molecule has 1 saturated carbocycles. The minimum Gasteiger partial charge on any atom is -0.397 e. The van der Waals surface area contributed by atoms with Crippen molar-refractivity contribution in [2.24, 2.45) is 5.92 Å². The van der Waals surface area contributed by atoms with Crippen LogP contribution in [0.25, 0.3) is 10.9 Å². The van der Waals surface area contributed by atoms with Gasteiger partial charge in [-0.1, -0.05) is 13.8 Å². The number of anilines is 2. The van der Waals surface area contributed by atoms with Crippen LogP contribution in [-0.2, 0) is 0 Å². The summed E-state index contributed by atoms with van der Waals surface area (Å²) in [5.74, 6) is 0.657. The molecule has 0 aliphatic heterocycles. The molecule has 3 rings (SSSR count). The molecule has 19 heavy (non-hydrogen) atoms. The van der Waals surface area contributed by atoms with E-state index in [9.17, 15) is 0 Å². The van der Waals surface area contributed by atoms with Crippen molar-refractivity contribution in [3.8, 4) is 0 Å². The highest BCUT2D eigenvalue weighted by molar-refractivity contribution is 5.98. The normalized spacial score (nSPS) is 15.1. The fraction of sp³-hybridized carbons (Fsp3) is 0.438. The fourth-order valence-electron chi connectivity index (χ4n) is 2.65. The van der Waals surface area contributed by atoms with Gasteiger partial charge in [0.05, 0.1) is 11.2 Å². The summed E-state index contributed by atoms with van der Waals surface area (Å²) in [6.45, 7) is 5.64. The van der Waals surface area contributed by atoms with Crippen LogP contribution in [0.15, 0.2) is 30.5 Å². The number of pyridine rings is 1. The highest BCUT2D eigenvalue weighted by Gasteiger charge is 2.30. The Bertz CT molecular complexity index is 588. The first-order chi connectivity index (χ1) is 9.16. The molecule has 0 radical (unpaired) electrons. The number of hydrogen-bond acceptors (Lipinski definition) is 3. The summed E-state index contributed by atoms with van der Waals surface area (Å²) in [4.78, 5) is 6.97. The third-order valence-electron chi connectivity index (χ3n) is 3.64. The number of benzene rings is 1. The molecule has 0 unspecified atom stereocenters. The van der Waals surface area contributed by atoms with E-state index < -0.39 is 0 Å². The van der Waals surface area contributed by atoms with Gasteiger partial charge in [0.25, 0.3) is 0 Å². The molecule has 1 aliphatic carbocycles. The van der Waals surface area contributed by atoms with Gasteiger partial charge in [-0.15, -0.1) is 0 Å². The Labute approximate surface area is 114 Å². The second kappa shape index (κ2) is 4.72. The number of hydrogen-bond donors (Lipinski definition) is 1. The zero-order valence-electron chi connectivity index (χ0n) is 11.6. The van der Waals surface area contributed by atoms with E-state index >= 15 is 0 Å². The molecule has 1 aromatic carbocycles. The molecule has 0 spiro atoms. The minimum absolute atomic E-state index is 0.657. The summed E-state index contributed by atoms with van der Waals surface area (Å²) < 4.78 is 0. The Kier molecular flexibility index (Phi) is 3.05. The Hall–Kier alpha value is -1.77. The van der Waals surface area contributed by atoms with Crippen molar-refractivity contribution in [3.63, 3.8) is 0 Å². The molecule has 0 amide bonds. The molecule has 2 aromatic rings. The standard InChI is InChI=1S/C16H21N3/c1-11(2)10-19(12-5-6-12)15-8-7-14(17)16-13(15)4-3-9-18-16/h3-4,7-9,11-12H,5-6,10,17H2,1-2H3. The maximum Gasteiger partial charge on any atom is 0.0951 e. The smallest absolute Gasteiger partial charge is 0.0951 e. The highest BCUT2D eigenvalue weighted by atomic mass is 15.2. The van der Waals surface area contributed by atoms with Gasteiger partial charge >= 0.3 is 0 Å². The lowest BCUT2D eigenvalue weighted by Gasteiger charge is -2.28. The average molecular weight is 255 g/mol. The molecule has 0 saturated heterocycles. The molecule has 3 heteroatoms. The van der Waals surface area contributed by atoms with E-state index in [1.54, 1.807) is 0 Å². The van der Waals surface area contributed by atoms with Crippen LogP contribution < -0.4 is 10.6 Å². The maximum atomic E-state index is 6.04. The maximum absolute atomic E-state index is 6.04. The van der Waals surface area contributed by atoms with Gasteiger partial charge in [0.1, 0.15) is 0 Å². The van der Waals surface area contributed by atoms with Crippen molar-refractivity contribution in [2.45, 2.75) is 32.7 Å². The Balaban J connectivity index is 2.10. The summed E-state index contributed by atoms with van der Waals surface area (Å²) in [6.07, 6.45) is 4.42. The monoisotopic (exact) mass is 255 g/mol. The van der Waals surface area contributed by atoms with E-state index in [1.165, 1.54) is 23.9 Å². The third-order valence-corrected chi connectivity index (χ3v) is 3.64. The molecule has 1 aromatic heterocycles. The first kappa shape index (κ1) is 12.3. The van der Waals surface area contributed by atoms with Gasteiger partial charge < -0.3 is 10.6 Å². The largest absolute Gasteiger partial charge is 0.397 e. The molecular formula is C16H21N3. The van der Waals surface area contributed by atoms with Gasteiger partial charge in [-0.05, 0) is 43.0 Å². The van der Waals surface area contributed by atoms with Crippen molar-refractivity contribution in [2.75, 3.05) is 17.2 Å². The van der Waals surface area contributed by atoms with Crippen molar-refractivity contribution < 1.29 is 0 Å². The molecule has 3 nitrogen and oxygen atoms in total. The Morgan fingerprint density at radius 2 is 2.11 bits per heavy atom. The first-order valence-corrected chi connectivity index (χ1v) is 7.06. The zero-order chi connectivity index (χ0) is 13.4. The van der Waals surface area contributed by atoms with Gasteiger partial charge in [-0.3, -0.25) is 4.98 Å². The van der Waals surface area contributed by atoms with Crippen LogP contribution in [0, 0.1) is 5.92 Å². The lowest BCUT2D eigenvalue weighted by atomic mass is 10.1. The van der Waals surface area contributed by atoms with E-state index in [4.69, 9.17) is 5.73 Å². The van der Waals surface area contributed by atoms with Gasteiger partial charge in [0.2, 0.25) is 0 Å². The lowest BCUT2D eigenvalue weighted by molar-refractivity contribution is 0.608. The Morgan fingerprint density at radius 1 is 1.32 bits per heavy atom. The summed E-state index contributed by atoms with van der Waals surface area (Å²) in [6, 6.07) is 8.96. The van der Waals surface area contributed by atoms with Crippen LogP contribution in [0.1, 0.15) is 26.7 Å². The molecule has 0 atom stereocenters. The fourth-order valence-corrected chi connectivity index (χ4v) is 2.65. The number of nitrogens with two attached hydrogens (primary N) is 1. The number of aromatic nitrogens is 1. The van der Waals surface area contributed by atoms with E-state index in [0.717, 1.165) is 17.7 Å². The Morgan fingerprint density at radius 3 is 2.79 bits per heavy atom. The number of nitrogen functional groups attached to an aromatic ring is 1. The summed E-state index contributed by atoms with van der Waals surface area (Å²) >= 11 is 0.